The normalized spacial score (nSPS) is 12.7. The molecule has 0 aromatic heterocycles. The molecule has 102 valence electrons. The number of hydrogen-bond donors (Lipinski definition) is 2. The highest BCUT2D eigenvalue weighted by Gasteiger charge is 2.30. The van der Waals surface area contributed by atoms with E-state index >= 15 is 0 Å². The van der Waals surface area contributed by atoms with Gasteiger partial charge in [-0.3, -0.25) is 4.79 Å². The Labute approximate surface area is 108 Å². The Morgan fingerprint density at radius 3 is 2.44 bits per heavy atom. The van der Waals surface area contributed by atoms with E-state index in [1.165, 1.54) is 12.1 Å². The first-order valence-electron chi connectivity index (χ1n) is 4.93. The molecule has 7 heteroatoms. The molecule has 0 spiro atoms. The molecule has 0 amide bonds. The quantitative estimate of drug-likeness (QED) is 0.891. The third-order valence-corrected chi connectivity index (χ3v) is 2.37. The first-order chi connectivity index (χ1) is 7.84. The number of benzene rings is 1. The minimum atomic E-state index is -4.42. The van der Waals surface area contributed by atoms with Crippen molar-refractivity contribution in [3.8, 4) is 0 Å². The predicted molar refractivity (Wildman–Crippen MR) is 62.6 cm³/mol. The van der Waals surface area contributed by atoms with Crippen LogP contribution in [0.15, 0.2) is 24.3 Å². The lowest BCUT2D eigenvalue weighted by Gasteiger charge is -2.12. The molecule has 1 rings (SSSR count). The number of nitrogens with two attached hydrogens (primary N) is 1. The predicted octanol–water partition coefficient (Wildman–Crippen LogP) is 2.33. The summed E-state index contributed by atoms with van der Waals surface area (Å²) in [5.41, 5.74) is 4.78. The van der Waals surface area contributed by atoms with Gasteiger partial charge in [-0.25, -0.2) is 0 Å². The number of halogens is 4. The highest BCUT2D eigenvalue weighted by atomic mass is 35.5. The van der Waals surface area contributed by atoms with Gasteiger partial charge in [-0.1, -0.05) is 18.2 Å². The number of hydrogen-bond acceptors (Lipinski definition) is 2. The number of carboxylic acids is 1. The van der Waals surface area contributed by atoms with Crippen LogP contribution in [0.1, 0.15) is 11.1 Å². The van der Waals surface area contributed by atoms with Gasteiger partial charge in [-0.2, -0.15) is 13.2 Å². The number of carbonyl (C=O) groups is 1. The van der Waals surface area contributed by atoms with Gasteiger partial charge in [-0.15, -0.1) is 12.4 Å². The Bertz CT molecular complexity index is 410. The lowest BCUT2D eigenvalue weighted by Crippen LogP contribution is -2.25. The molecule has 0 unspecified atom stereocenters. The van der Waals surface area contributed by atoms with Gasteiger partial charge < -0.3 is 10.8 Å². The maximum atomic E-state index is 12.4. The Morgan fingerprint density at radius 2 is 2.00 bits per heavy atom. The molecule has 0 aliphatic carbocycles. The molecular formula is C11H13ClF3NO2. The van der Waals surface area contributed by atoms with Crippen LogP contribution in [0.5, 0.6) is 0 Å². The van der Waals surface area contributed by atoms with Gasteiger partial charge in [0.25, 0.3) is 0 Å². The second-order valence-electron chi connectivity index (χ2n) is 3.67. The van der Waals surface area contributed by atoms with Crippen LogP contribution in [0.2, 0.25) is 0 Å². The van der Waals surface area contributed by atoms with Gasteiger partial charge in [0.15, 0.2) is 0 Å². The van der Waals surface area contributed by atoms with E-state index in [-0.39, 0.29) is 25.4 Å². The summed E-state index contributed by atoms with van der Waals surface area (Å²) in [6.45, 7) is -0.106. The average molecular weight is 284 g/mol. The topological polar surface area (TPSA) is 63.3 Å². The van der Waals surface area contributed by atoms with Gasteiger partial charge in [0.05, 0.1) is 11.5 Å². The van der Waals surface area contributed by atoms with E-state index in [2.05, 4.69) is 0 Å². The van der Waals surface area contributed by atoms with Crippen LogP contribution >= 0.6 is 12.4 Å². The molecule has 0 radical (unpaired) electrons. The number of rotatable bonds is 4. The molecule has 0 fully saturated rings. The van der Waals surface area contributed by atoms with Gasteiger partial charge >= 0.3 is 12.1 Å². The number of carboxylic acid groups (broad SMARTS) is 1. The Morgan fingerprint density at radius 1 is 1.39 bits per heavy atom. The first kappa shape index (κ1) is 16.7. The maximum Gasteiger partial charge on any atom is 0.416 e. The van der Waals surface area contributed by atoms with Crippen molar-refractivity contribution in [2.75, 3.05) is 6.54 Å². The van der Waals surface area contributed by atoms with E-state index in [0.29, 0.717) is 5.56 Å². The monoisotopic (exact) mass is 283 g/mol. The Hall–Kier alpha value is -1.27. The summed E-state index contributed by atoms with van der Waals surface area (Å²) < 4.78 is 37.2. The van der Waals surface area contributed by atoms with Crippen molar-refractivity contribution in [3.63, 3.8) is 0 Å². The summed E-state index contributed by atoms with van der Waals surface area (Å²) in [7, 11) is 0. The van der Waals surface area contributed by atoms with Crippen LogP contribution in [0, 0.1) is 5.92 Å². The van der Waals surface area contributed by atoms with E-state index in [1.54, 1.807) is 0 Å². The van der Waals surface area contributed by atoms with Crippen LogP contribution in [0.3, 0.4) is 0 Å². The molecular weight excluding hydrogens is 271 g/mol. The lowest BCUT2D eigenvalue weighted by molar-refractivity contribution is -0.141. The van der Waals surface area contributed by atoms with Crippen molar-refractivity contribution in [2.45, 2.75) is 12.6 Å². The average Bonchev–Trinajstić information content (AvgIpc) is 2.24. The smallest absolute Gasteiger partial charge is 0.416 e. The SMILES string of the molecule is Cl.NC[C@H](Cc1cccc(C(F)(F)F)c1)C(=O)O. The largest absolute Gasteiger partial charge is 0.481 e. The van der Waals surface area contributed by atoms with E-state index < -0.39 is 23.6 Å². The molecule has 18 heavy (non-hydrogen) atoms. The molecule has 3 nitrogen and oxygen atoms in total. The molecule has 3 N–H and O–H groups in total. The van der Waals surface area contributed by atoms with Gasteiger partial charge in [0.2, 0.25) is 0 Å². The van der Waals surface area contributed by atoms with Crippen LogP contribution in [0.25, 0.3) is 0 Å². The maximum absolute atomic E-state index is 12.4. The van der Waals surface area contributed by atoms with E-state index in [0.717, 1.165) is 12.1 Å². The van der Waals surface area contributed by atoms with Crippen molar-refractivity contribution in [2.24, 2.45) is 11.7 Å². The second kappa shape index (κ2) is 6.61. The molecule has 1 aromatic rings. The van der Waals surface area contributed by atoms with E-state index in [4.69, 9.17) is 10.8 Å². The van der Waals surface area contributed by atoms with Crippen molar-refractivity contribution in [1.29, 1.82) is 0 Å². The van der Waals surface area contributed by atoms with Crippen molar-refractivity contribution in [3.05, 3.63) is 35.4 Å². The fourth-order valence-corrected chi connectivity index (χ4v) is 1.43. The summed E-state index contributed by atoms with van der Waals surface area (Å²) in [6, 6.07) is 4.61. The zero-order valence-electron chi connectivity index (χ0n) is 9.28. The summed E-state index contributed by atoms with van der Waals surface area (Å²) >= 11 is 0. The highest BCUT2D eigenvalue weighted by molar-refractivity contribution is 5.85. The molecule has 0 saturated carbocycles. The molecule has 0 aliphatic heterocycles. The van der Waals surface area contributed by atoms with Crippen LogP contribution in [0.4, 0.5) is 13.2 Å². The Balaban J connectivity index is 0.00000289. The third kappa shape index (κ3) is 4.54. The fourth-order valence-electron chi connectivity index (χ4n) is 1.43. The summed E-state index contributed by atoms with van der Waals surface area (Å²) in [5.74, 6) is -1.97. The molecule has 1 atom stereocenters. The Kier molecular flexibility index (Phi) is 6.14. The third-order valence-electron chi connectivity index (χ3n) is 2.37. The summed E-state index contributed by atoms with van der Waals surface area (Å²) in [4.78, 5) is 10.7. The highest BCUT2D eigenvalue weighted by Crippen LogP contribution is 2.29. The first-order valence-corrected chi connectivity index (χ1v) is 4.93. The van der Waals surface area contributed by atoms with Crippen LogP contribution in [-0.2, 0) is 17.4 Å². The van der Waals surface area contributed by atoms with Crippen molar-refractivity contribution in [1.82, 2.24) is 0 Å². The number of aliphatic carboxylic acids is 1. The fraction of sp³-hybridized carbons (Fsp3) is 0.364. The van der Waals surface area contributed by atoms with Gasteiger partial charge in [0, 0.05) is 6.54 Å². The molecule has 0 bridgehead atoms. The van der Waals surface area contributed by atoms with E-state index in [9.17, 15) is 18.0 Å². The van der Waals surface area contributed by atoms with Crippen molar-refractivity contribution < 1.29 is 23.1 Å². The summed E-state index contributed by atoms with van der Waals surface area (Å²) in [5, 5.41) is 8.76. The van der Waals surface area contributed by atoms with Crippen LogP contribution in [-0.4, -0.2) is 17.6 Å². The van der Waals surface area contributed by atoms with E-state index in [1.807, 2.05) is 0 Å². The lowest BCUT2D eigenvalue weighted by atomic mass is 9.98. The van der Waals surface area contributed by atoms with Gasteiger partial charge in [0.1, 0.15) is 0 Å². The van der Waals surface area contributed by atoms with Crippen LogP contribution < -0.4 is 5.73 Å². The standard InChI is InChI=1S/C11H12F3NO2.ClH/c12-11(13,14)9-3-1-2-7(5-9)4-8(6-15)10(16)17;/h1-3,5,8H,4,6,15H2,(H,16,17);1H/t8-;/m0./s1. The molecule has 1 aromatic carbocycles. The molecule has 0 aliphatic rings. The zero-order valence-corrected chi connectivity index (χ0v) is 10.1. The zero-order chi connectivity index (χ0) is 13.1. The number of alkyl halides is 3. The van der Waals surface area contributed by atoms with Gasteiger partial charge in [-0.05, 0) is 18.1 Å². The minimum Gasteiger partial charge on any atom is -0.481 e. The molecule has 0 heterocycles. The molecule has 0 saturated heterocycles. The van der Waals surface area contributed by atoms with Crippen molar-refractivity contribution >= 4 is 18.4 Å². The second-order valence-corrected chi connectivity index (χ2v) is 3.67. The summed E-state index contributed by atoms with van der Waals surface area (Å²) in [6.07, 6.45) is -4.42. The minimum absolute atomic E-state index is 0.